The fourth-order valence-electron chi connectivity index (χ4n) is 1.55. The lowest BCUT2D eigenvalue weighted by Gasteiger charge is -2.19. The molecule has 0 N–H and O–H groups in total. The Bertz CT molecular complexity index is 286. The lowest BCUT2D eigenvalue weighted by Crippen LogP contribution is -2.24. The van der Waals surface area contributed by atoms with Crippen LogP contribution in [0.2, 0.25) is 0 Å². The van der Waals surface area contributed by atoms with Gasteiger partial charge in [-0.2, -0.15) is 0 Å². The second kappa shape index (κ2) is 6.23. The lowest BCUT2D eigenvalue weighted by atomic mass is 10.1. The van der Waals surface area contributed by atoms with Gasteiger partial charge in [-0.3, -0.25) is 0 Å². The van der Waals surface area contributed by atoms with Crippen molar-refractivity contribution in [1.29, 1.82) is 0 Å². The topological polar surface area (TPSA) is 3.24 Å². The maximum absolute atomic E-state index is 12.7. The van der Waals surface area contributed by atoms with E-state index in [-0.39, 0.29) is 5.82 Å². The number of hydrogen-bond donors (Lipinski definition) is 0. The summed E-state index contributed by atoms with van der Waals surface area (Å²) in [6.45, 7) is 4.12. The minimum Gasteiger partial charge on any atom is -0.302 e. The van der Waals surface area contributed by atoms with Crippen molar-refractivity contribution in [3.8, 4) is 0 Å². The van der Waals surface area contributed by atoms with Gasteiger partial charge in [0.2, 0.25) is 0 Å². The molecule has 1 atom stereocenters. The summed E-state index contributed by atoms with van der Waals surface area (Å²) in [7, 11) is 2.09. The first kappa shape index (κ1) is 12.7. The van der Waals surface area contributed by atoms with Crippen LogP contribution in [-0.2, 0) is 6.54 Å². The minimum atomic E-state index is -0.171. The highest BCUT2D eigenvalue weighted by Crippen LogP contribution is 2.08. The van der Waals surface area contributed by atoms with Gasteiger partial charge in [0.1, 0.15) is 5.82 Å². The summed E-state index contributed by atoms with van der Waals surface area (Å²) < 4.78 is 12.7. The molecule has 0 saturated carbocycles. The van der Waals surface area contributed by atoms with Gasteiger partial charge in [-0.15, -0.1) is 0 Å². The highest BCUT2D eigenvalue weighted by molar-refractivity contribution is 9.09. The zero-order chi connectivity index (χ0) is 11.3. The fourth-order valence-corrected chi connectivity index (χ4v) is 1.75. The first-order chi connectivity index (χ1) is 7.11. The molecular formula is C12H17BrFN. The lowest BCUT2D eigenvalue weighted by molar-refractivity contribution is 0.291. The average Bonchev–Trinajstić information content (AvgIpc) is 2.21. The fraction of sp³-hybridized carbons (Fsp3) is 0.500. The van der Waals surface area contributed by atoms with Gasteiger partial charge in [-0.1, -0.05) is 35.0 Å². The first-order valence-corrected chi connectivity index (χ1v) is 6.23. The predicted molar refractivity (Wildman–Crippen MR) is 65.7 cm³/mol. The molecule has 0 radical (unpaired) electrons. The van der Waals surface area contributed by atoms with Crippen LogP contribution in [0.5, 0.6) is 0 Å². The number of benzene rings is 1. The van der Waals surface area contributed by atoms with Crippen LogP contribution in [-0.4, -0.2) is 23.8 Å². The number of alkyl halides is 1. The Balaban J connectivity index is 2.44. The molecule has 0 spiro atoms. The molecule has 0 aliphatic heterocycles. The summed E-state index contributed by atoms with van der Waals surface area (Å²) in [5, 5.41) is 1.01. The van der Waals surface area contributed by atoms with Crippen molar-refractivity contribution in [1.82, 2.24) is 4.90 Å². The molecule has 0 amide bonds. The van der Waals surface area contributed by atoms with Gasteiger partial charge in [0.15, 0.2) is 0 Å². The van der Waals surface area contributed by atoms with Gasteiger partial charge < -0.3 is 4.90 Å². The molecule has 3 heteroatoms. The smallest absolute Gasteiger partial charge is 0.123 e. The number of hydrogen-bond acceptors (Lipinski definition) is 1. The number of halogens is 2. The van der Waals surface area contributed by atoms with Gasteiger partial charge >= 0.3 is 0 Å². The van der Waals surface area contributed by atoms with Gasteiger partial charge in [-0.25, -0.2) is 4.39 Å². The molecule has 0 aliphatic rings. The Morgan fingerprint density at radius 2 is 1.93 bits per heavy atom. The second-order valence-electron chi connectivity index (χ2n) is 4.08. The van der Waals surface area contributed by atoms with E-state index in [0.717, 1.165) is 24.0 Å². The normalized spacial score (nSPS) is 13.1. The van der Waals surface area contributed by atoms with Crippen molar-refractivity contribution in [3.63, 3.8) is 0 Å². The van der Waals surface area contributed by atoms with E-state index in [1.54, 1.807) is 0 Å². The van der Waals surface area contributed by atoms with Crippen LogP contribution in [0.1, 0.15) is 12.5 Å². The van der Waals surface area contributed by atoms with E-state index < -0.39 is 0 Å². The molecule has 0 aliphatic carbocycles. The van der Waals surface area contributed by atoms with E-state index in [2.05, 4.69) is 34.8 Å². The Morgan fingerprint density at radius 1 is 1.33 bits per heavy atom. The SMILES string of the molecule is CC(CBr)CN(C)Cc1ccc(F)cc1. The van der Waals surface area contributed by atoms with Crippen molar-refractivity contribution in [2.45, 2.75) is 13.5 Å². The van der Waals surface area contributed by atoms with Gasteiger partial charge in [0, 0.05) is 18.4 Å². The molecular weight excluding hydrogens is 257 g/mol. The summed E-state index contributed by atoms with van der Waals surface area (Å²) in [6, 6.07) is 6.70. The van der Waals surface area contributed by atoms with E-state index in [4.69, 9.17) is 0 Å². The molecule has 15 heavy (non-hydrogen) atoms. The van der Waals surface area contributed by atoms with Gasteiger partial charge in [0.25, 0.3) is 0 Å². The van der Waals surface area contributed by atoms with E-state index in [1.807, 2.05) is 12.1 Å². The highest BCUT2D eigenvalue weighted by atomic mass is 79.9. The maximum Gasteiger partial charge on any atom is 0.123 e. The van der Waals surface area contributed by atoms with Crippen molar-refractivity contribution >= 4 is 15.9 Å². The summed E-state index contributed by atoms with van der Waals surface area (Å²) in [6.07, 6.45) is 0. The number of nitrogens with zero attached hydrogens (tertiary/aromatic N) is 1. The van der Waals surface area contributed by atoms with Crippen LogP contribution >= 0.6 is 15.9 Å². The minimum absolute atomic E-state index is 0.171. The third-order valence-corrected chi connectivity index (χ3v) is 3.36. The van der Waals surface area contributed by atoms with E-state index in [1.165, 1.54) is 12.1 Å². The van der Waals surface area contributed by atoms with Crippen LogP contribution in [0.25, 0.3) is 0 Å². The molecule has 0 aromatic heterocycles. The highest BCUT2D eigenvalue weighted by Gasteiger charge is 2.05. The molecule has 84 valence electrons. The largest absolute Gasteiger partial charge is 0.302 e. The summed E-state index contributed by atoms with van der Waals surface area (Å²) in [5.74, 6) is 0.464. The second-order valence-corrected chi connectivity index (χ2v) is 4.73. The van der Waals surface area contributed by atoms with Crippen LogP contribution in [0.4, 0.5) is 4.39 Å². The Labute approximate surface area is 99.4 Å². The molecule has 0 bridgehead atoms. The van der Waals surface area contributed by atoms with Crippen molar-refractivity contribution in [2.24, 2.45) is 5.92 Å². The van der Waals surface area contributed by atoms with Crippen LogP contribution in [0, 0.1) is 11.7 Å². The van der Waals surface area contributed by atoms with Gasteiger partial charge in [-0.05, 0) is 30.7 Å². The van der Waals surface area contributed by atoms with E-state index in [0.29, 0.717) is 5.92 Å². The first-order valence-electron chi connectivity index (χ1n) is 5.10. The summed E-state index contributed by atoms with van der Waals surface area (Å²) in [5.41, 5.74) is 1.15. The molecule has 0 heterocycles. The third kappa shape index (κ3) is 4.76. The summed E-state index contributed by atoms with van der Waals surface area (Å²) >= 11 is 3.46. The van der Waals surface area contributed by atoms with Crippen molar-refractivity contribution in [2.75, 3.05) is 18.9 Å². The van der Waals surface area contributed by atoms with Crippen LogP contribution in [0.3, 0.4) is 0 Å². The van der Waals surface area contributed by atoms with Gasteiger partial charge in [0.05, 0.1) is 0 Å². The quantitative estimate of drug-likeness (QED) is 0.745. The molecule has 1 aromatic rings. The van der Waals surface area contributed by atoms with E-state index >= 15 is 0 Å². The molecule has 1 unspecified atom stereocenters. The van der Waals surface area contributed by atoms with Crippen LogP contribution < -0.4 is 0 Å². The Morgan fingerprint density at radius 3 is 2.47 bits per heavy atom. The third-order valence-electron chi connectivity index (χ3n) is 2.25. The monoisotopic (exact) mass is 273 g/mol. The van der Waals surface area contributed by atoms with Crippen molar-refractivity contribution in [3.05, 3.63) is 35.6 Å². The zero-order valence-electron chi connectivity index (χ0n) is 9.21. The van der Waals surface area contributed by atoms with E-state index in [9.17, 15) is 4.39 Å². The zero-order valence-corrected chi connectivity index (χ0v) is 10.8. The number of rotatable bonds is 5. The molecule has 1 aromatic carbocycles. The standard InChI is InChI=1S/C12H17BrFN/c1-10(7-13)8-15(2)9-11-3-5-12(14)6-4-11/h3-6,10H,7-9H2,1-2H3. The molecule has 1 nitrogen and oxygen atoms in total. The molecule has 0 fully saturated rings. The average molecular weight is 274 g/mol. The molecule has 0 saturated heterocycles. The Kier molecular flexibility index (Phi) is 5.26. The Hall–Kier alpha value is -0.410. The molecule has 1 rings (SSSR count). The summed E-state index contributed by atoms with van der Waals surface area (Å²) in [4.78, 5) is 2.25. The van der Waals surface area contributed by atoms with Crippen molar-refractivity contribution < 1.29 is 4.39 Å². The van der Waals surface area contributed by atoms with Crippen LogP contribution in [0.15, 0.2) is 24.3 Å². The maximum atomic E-state index is 12.7. The predicted octanol–water partition coefficient (Wildman–Crippen LogP) is 3.29.